The number of aliphatic hydroxyl groups is 1. The molecule has 70 valence electrons. The summed E-state index contributed by atoms with van der Waals surface area (Å²) in [6.45, 7) is 7.26. The van der Waals surface area contributed by atoms with Crippen molar-refractivity contribution in [2.24, 2.45) is 0 Å². The van der Waals surface area contributed by atoms with Gasteiger partial charge in [-0.05, 0) is 5.57 Å². The monoisotopic (exact) mass is 171 g/mol. The minimum Gasteiger partial charge on any atom is -0.392 e. The summed E-state index contributed by atoms with van der Waals surface area (Å²) in [6.07, 6.45) is 2.74. The third-order valence-electron chi connectivity index (χ3n) is 1.01. The quantitative estimate of drug-likeness (QED) is 0.489. The molecule has 0 rings (SSSR count). The molecule has 0 aromatic rings. The van der Waals surface area contributed by atoms with Gasteiger partial charge in [0.15, 0.2) is 0 Å². The van der Waals surface area contributed by atoms with Crippen molar-refractivity contribution in [2.45, 2.75) is 13.8 Å². The normalized spacial score (nSPS) is 9.50. The van der Waals surface area contributed by atoms with Gasteiger partial charge in [0.25, 0.3) is 0 Å². The maximum atomic E-state index is 10.6. The molecule has 0 unspecified atom stereocenters. The highest BCUT2D eigenvalue weighted by molar-refractivity contribution is 5.88. The molecule has 3 heteroatoms. The second kappa shape index (κ2) is 9.91. The molecule has 3 nitrogen and oxygen atoms in total. The van der Waals surface area contributed by atoms with E-state index in [1.54, 1.807) is 0 Å². The van der Waals surface area contributed by atoms with Crippen molar-refractivity contribution in [2.75, 3.05) is 13.7 Å². The molecule has 0 radical (unpaired) electrons. The van der Waals surface area contributed by atoms with Crippen molar-refractivity contribution in [3.63, 3.8) is 0 Å². The molecule has 0 saturated carbocycles. The number of amides is 1. The number of likely N-dealkylation sites (N-methyl/N-ethyl adjacent to an activating group) is 1. The third-order valence-corrected chi connectivity index (χ3v) is 1.01. The first-order valence-corrected chi connectivity index (χ1v) is 3.90. The van der Waals surface area contributed by atoms with Crippen LogP contribution in [0.4, 0.5) is 0 Å². The van der Waals surface area contributed by atoms with Gasteiger partial charge in [0, 0.05) is 13.1 Å². The third kappa shape index (κ3) is 7.02. The minimum absolute atomic E-state index is 0.156. The molecule has 0 heterocycles. The molecule has 0 fully saturated rings. The lowest BCUT2D eigenvalue weighted by molar-refractivity contribution is -0.116. The van der Waals surface area contributed by atoms with E-state index in [1.165, 1.54) is 19.2 Å². The maximum Gasteiger partial charge on any atom is 0.244 e. The zero-order valence-corrected chi connectivity index (χ0v) is 7.92. The van der Waals surface area contributed by atoms with Crippen molar-refractivity contribution >= 4 is 5.91 Å². The van der Waals surface area contributed by atoms with E-state index in [9.17, 15) is 4.79 Å². The van der Waals surface area contributed by atoms with Crippen molar-refractivity contribution in [3.8, 4) is 0 Å². The molecule has 0 aliphatic heterocycles. The lowest BCUT2D eigenvalue weighted by atomic mass is 10.2. The molecular weight excluding hydrogens is 154 g/mol. The van der Waals surface area contributed by atoms with E-state index >= 15 is 0 Å². The lowest BCUT2D eigenvalue weighted by Gasteiger charge is -1.94. The van der Waals surface area contributed by atoms with Gasteiger partial charge in [-0.3, -0.25) is 4.79 Å². The Kier molecular flexibility index (Phi) is 11.1. The van der Waals surface area contributed by atoms with Crippen LogP contribution >= 0.6 is 0 Å². The number of rotatable bonds is 3. The van der Waals surface area contributed by atoms with Crippen LogP contribution in [0, 0.1) is 0 Å². The van der Waals surface area contributed by atoms with E-state index in [1.807, 2.05) is 13.8 Å². The van der Waals surface area contributed by atoms with Crippen LogP contribution in [0.15, 0.2) is 24.3 Å². The van der Waals surface area contributed by atoms with E-state index in [-0.39, 0.29) is 12.5 Å². The number of carbonyl (C=O) groups is 1. The molecule has 0 saturated heterocycles. The van der Waals surface area contributed by atoms with Crippen LogP contribution in [0.5, 0.6) is 0 Å². The van der Waals surface area contributed by atoms with Gasteiger partial charge < -0.3 is 10.4 Å². The van der Waals surface area contributed by atoms with Crippen LogP contribution in [-0.4, -0.2) is 24.7 Å². The molecular formula is C9H17NO2. The molecule has 0 aliphatic rings. The fraction of sp³-hybridized carbons (Fsp3) is 0.444. The maximum absolute atomic E-state index is 10.6. The van der Waals surface area contributed by atoms with Gasteiger partial charge in [-0.15, -0.1) is 0 Å². The highest BCUT2D eigenvalue weighted by Gasteiger charge is 1.92. The van der Waals surface area contributed by atoms with Gasteiger partial charge in [0.05, 0.1) is 6.61 Å². The first-order valence-electron chi connectivity index (χ1n) is 3.90. The fourth-order valence-electron chi connectivity index (χ4n) is 0.410. The van der Waals surface area contributed by atoms with Gasteiger partial charge in [-0.25, -0.2) is 0 Å². The van der Waals surface area contributed by atoms with Gasteiger partial charge >= 0.3 is 0 Å². The molecule has 12 heavy (non-hydrogen) atoms. The second-order valence-corrected chi connectivity index (χ2v) is 1.70. The Morgan fingerprint density at radius 3 is 2.33 bits per heavy atom. The molecule has 0 aromatic carbocycles. The molecule has 0 aliphatic carbocycles. The predicted octanol–water partition coefficient (Wildman–Crippen LogP) is 0.863. The summed E-state index contributed by atoms with van der Waals surface area (Å²) in [7, 11) is 1.52. The van der Waals surface area contributed by atoms with Crippen LogP contribution < -0.4 is 5.32 Å². The molecule has 0 spiro atoms. The van der Waals surface area contributed by atoms with Crippen LogP contribution in [0.2, 0.25) is 0 Å². The Labute approximate surface area is 73.8 Å². The Hall–Kier alpha value is -1.09. The van der Waals surface area contributed by atoms with Crippen LogP contribution in [0.1, 0.15) is 13.8 Å². The van der Waals surface area contributed by atoms with E-state index < -0.39 is 0 Å². The summed E-state index contributed by atoms with van der Waals surface area (Å²) >= 11 is 0. The Bertz CT molecular complexity index is 162. The van der Waals surface area contributed by atoms with Gasteiger partial charge in [-0.1, -0.05) is 26.5 Å². The standard InChI is InChI=1S/C7H11NO2.C2H6/c1-3-6(5-9)4-7(10)8-2;1-2/h3-4,9H,1,5H2,2H3,(H,8,10);1-2H3/b6-4+;. The van der Waals surface area contributed by atoms with Crippen molar-refractivity contribution < 1.29 is 9.90 Å². The first kappa shape index (κ1) is 13.5. The number of hydrogen-bond acceptors (Lipinski definition) is 2. The highest BCUT2D eigenvalue weighted by atomic mass is 16.3. The summed E-state index contributed by atoms with van der Waals surface area (Å²) in [6, 6.07) is 0. The van der Waals surface area contributed by atoms with E-state index in [2.05, 4.69) is 11.9 Å². The van der Waals surface area contributed by atoms with Crippen LogP contribution in [0.3, 0.4) is 0 Å². The summed E-state index contributed by atoms with van der Waals surface area (Å²) in [5, 5.41) is 10.9. The van der Waals surface area contributed by atoms with E-state index in [0.717, 1.165) is 0 Å². The second-order valence-electron chi connectivity index (χ2n) is 1.70. The Morgan fingerprint density at radius 2 is 2.08 bits per heavy atom. The summed E-state index contributed by atoms with van der Waals surface area (Å²) < 4.78 is 0. The smallest absolute Gasteiger partial charge is 0.244 e. The number of hydrogen-bond donors (Lipinski definition) is 2. The number of carbonyl (C=O) groups excluding carboxylic acids is 1. The topological polar surface area (TPSA) is 49.3 Å². The average molecular weight is 171 g/mol. The van der Waals surface area contributed by atoms with Gasteiger partial charge in [0.1, 0.15) is 0 Å². The minimum atomic E-state index is -0.232. The number of nitrogens with one attached hydrogen (secondary N) is 1. The lowest BCUT2D eigenvalue weighted by Crippen LogP contribution is -2.15. The van der Waals surface area contributed by atoms with Gasteiger partial charge in [-0.2, -0.15) is 0 Å². The molecule has 1 amide bonds. The molecule has 0 atom stereocenters. The molecule has 0 bridgehead atoms. The molecule has 0 aromatic heterocycles. The Morgan fingerprint density at radius 1 is 1.58 bits per heavy atom. The summed E-state index contributed by atoms with van der Waals surface area (Å²) in [5.74, 6) is -0.232. The van der Waals surface area contributed by atoms with Crippen LogP contribution in [-0.2, 0) is 4.79 Å². The zero-order chi connectivity index (χ0) is 9.98. The van der Waals surface area contributed by atoms with Crippen LogP contribution in [0.25, 0.3) is 0 Å². The highest BCUT2D eigenvalue weighted by Crippen LogP contribution is 1.91. The first-order chi connectivity index (χ1) is 5.74. The predicted molar refractivity (Wildman–Crippen MR) is 50.8 cm³/mol. The zero-order valence-electron chi connectivity index (χ0n) is 7.92. The fourth-order valence-corrected chi connectivity index (χ4v) is 0.410. The Balaban J connectivity index is 0. The summed E-state index contributed by atoms with van der Waals surface area (Å²) in [5.41, 5.74) is 0.513. The average Bonchev–Trinajstić information content (AvgIpc) is 2.16. The molecule has 2 N–H and O–H groups in total. The van der Waals surface area contributed by atoms with Crippen molar-refractivity contribution in [3.05, 3.63) is 24.3 Å². The summed E-state index contributed by atoms with van der Waals surface area (Å²) in [4.78, 5) is 10.6. The SMILES string of the molecule is C=C/C(=C\C(=O)NC)CO.CC. The van der Waals surface area contributed by atoms with E-state index in [4.69, 9.17) is 5.11 Å². The van der Waals surface area contributed by atoms with E-state index in [0.29, 0.717) is 5.57 Å². The van der Waals surface area contributed by atoms with Gasteiger partial charge in [0.2, 0.25) is 5.91 Å². The largest absolute Gasteiger partial charge is 0.392 e. The van der Waals surface area contributed by atoms with Crippen molar-refractivity contribution in [1.29, 1.82) is 0 Å². The number of aliphatic hydroxyl groups excluding tert-OH is 1. The van der Waals surface area contributed by atoms with Crippen molar-refractivity contribution in [1.82, 2.24) is 5.32 Å².